The molecule has 0 unspecified atom stereocenters. The third-order valence-electron chi connectivity index (χ3n) is 3.83. The Balaban J connectivity index is 1.81. The van der Waals surface area contributed by atoms with Gasteiger partial charge in [0.2, 0.25) is 5.71 Å². The van der Waals surface area contributed by atoms with E-state index < -0.39 is 0 Å². The number of ether oxygens (including phenoxy) is 1. The summed E-state index contributed by atoms with van der Waals surface area (Å²) in [5.74, 6) is 2.42. The van der Waals surface area contributed by atoms with Gasteiger partial charge in [-0.15, -0.1) is 0 Å². The van der Waals surface area contributed by atoms with Crippen LogP contribution in [0.3, 0.4) is 0 Å². The van der Waals surface area contributed by atoms with Gasteiger partial charge in [-0.25, -0.2) is 4.98 Å². The van der Waals surface area contributed by atoms with Crippen molar-refractivity contribution in [2.24, 2.45) is 0 Å². The van der Waals surface area contributed by atoms with Gasteiger partial charge in [0, 0.05) is 11.1 Å². The van der Waals surface area contributed by atoms with Gasteiger partial charge in [-0.1, -0.05) is 30.3 Å². The number of nitrogens with two attached hydrogens (primary N) is 1. The fourth-order valence-corrected chi connectivity index (χ4v) is 2.56. The molecule has 5 nitrogen and oxygen atoms in total. The number of fused-ring (bicyclic) bond motifs is 1. The van der Waals surface area contributed by atoms with E-state index in [0.29, 0.717) is 22.7 Å². The van der Waals surface area contributed by atoms with E-state index in [4.69, 9.17) is 14.9 Å². The first-order valence-electron chi connectivity index (χ1n) is 7.51. The standard InChI is InChI=1S/C19H15N3O2/c1-23-14-9-7-13(8-10-14)18-21-17(20)15-11-16(24-19(15)22-18)12-5-3-2-4-6-12/h2-11H,1H3,(H2,20,21,22). The second kappa shape index (κ2) is 5.70. The number of anilines is 1. The average Bonchev–Trinajstić information content (AvgIpc) is 3.07. The minimum Gasteiger partial charge on any atom is -0.497 e. The lowest BCUT2D eigenvalue weighted by molar-refractivity contribution is 0.415. The fraction of sp³-hybridized carbons (Fsp3) is 0.0526. The quantitative estimate of drug-likeness (QED) is 0.614. The molecule has 0 saturated carbocycles. The van der Waals surface area contributed by atoms with Crippen molar-refractivity contribution in [2.45, 2.75) is 0 Å². The summed E-state index contributed by atoms with van der Waals surface area (Å²) in [6.07, 6.45) is 0. The summed E-state index contributed by atoms with van der Waals surface area (Å²) in [5, 5.41) is 0.714. The first kappa shape index (κ1) is 14.3. The van der Waals surface area contributed by atoms with Crippen molar-refractivity contribution in [3.05, 3.63) is 60.7 Å². The van der Waals surface area contributed by atoms with Crippen LogP contribution in [0, 0.1) is 0 Å². The highest BCUT2D eigenvalue weighted by Gasteiger charge is 2.13. The van der Waals surface area contributed by atoms with Gasteiger partial charge >= 0.3 is 0 Å². The lowest BCUT2D eigenvalue weighted by atomic mass is 10.1. The Morgan fingerprint density at radius 3 is 2.38 bits per heavy atom. The summed E-state index contributed by atoms with van der Waals surface area (Å²) in [6, 6.07) is 19.2. The third kappa shape index (κ3) is 2.46. The normalized spacial score (nSPS) is 10.9. The van der Waals surface area contributed by atoms with E-state index in [1.54, 1.807) is 7.11 Å². The van der Waals surface area contributed by atoms with Crippen LogP contribution >= 0.6 is 0 Å². The lowest BCUT2D eigenvalue weighted by Crippen LogP contribution is -1.96. The summed E-state index contributed by atoms with van der Waals surface area (Å²) in [4.78, 5) is 8.91. The molecule has 2 aromatic carbocycles. The monoisotopic (exact) mass is 317 g/mol. The van der Waals surface area contributed by atoms with Crippen molar-refractivity contribution < 1.29 is 9.15 Å². The molecule has 0 spiro atoms. The molecule has 24 heavy (non-hydrogen) atoms. The van der Waals surface area contributed by atoms with Gasteiger partial charge in [-0.2, -0.15) is 4.98 Å². The van der Waals surface area contributed by atoms with E-state index in [2.05, 4.69) is 9.97 Å². The molecule has 0 fully saturated rings. The maximum Gasteiger partial charge on any atom is 0.232 e. The van der Waals surface area contributed by atoms with E-state index in [1.807, 2.05) is 60.7 Å². The summed E-state index contributed by atoms with van der Waals surface area (Å²) in [7, 11) is 1.63. The van der Waals surface area contributed by atoms with Gasteiger partial charge in [0.05, 0.1) is 12.5 Å². The van der Waals surface area contributed by atoms with Crippen LogP contribution in [0.4, 0.5) is 5.82 Å². The number of methoxy groups -OCH3 is 1. The number of nitrogen functional groups attached to an aromatic ring is 1. The number of nitrogens with zero attached hydrogens (tertiary/aromatic N) is 2. The molecular weight excluding hydrogens is 302 g/mol. The molecule has 118 valence electrons. The highest BCUT2D eigenvalue weighted by atomic mass is 16.5. The fourth-order valence-electron chi connectivity index (χ4n) is 2.56. The molecule has 4 aromatic rings. The van der Waals surface area contributed by atoms with Crippen LogP contribution in [0.1, 0.15) is 0 Å². The largest absolute Gasteiger partial charge is 0.497 e. The first-order chi connectivity index (χ1) is 11.7. The highest BCUT2D eigenvalue weighted by molar-refractivity contribution is 5.89. The molecule has 0 aliphatic heterocycles. The Kier molecular flexibility index (Phi) is 3.39. The van der Waals surface area contributed by atoms with Crippen LogP contribution in [0.15, 0.2) is 65.1 Å². The molecule has 2 heterocycles. The molecule has 0 saturated heterocycles. The van der Waals surface area contributed by atoms with Crippen LogP contribution in [-0.2, 0) is 0 Å². The van der Waals surface area contributed by atoms with E-state index in [0.717, 1.165) is 22.6 Å². The number of furan rings is 1. The number of aromatic nitrogens is 2. The molecule has 0 aliphatic rings. The second-order valence-corrected chi connectivity index (χ2v) is 5.36. The lowest BCUT2D eigenvalue weighted by Gasteiger charge is -2.03. The molecule has 0 atom stereocenters. The molecule has 5 heteroatoms. The van der Waals surface area contributed by atoms with Crippen LogP contribution in [-0.4, -0.2) is 17.1 Å². The Hall–Kier alpha value is -3.34. The first-order valence-corrected chi connectivity index (χ1v) is 7.51. The Morgan fingerprint density at radius 2 is 1.67 bits per heavy atom. The van der Waals surface area contributed by atoms with E-state index in [1.165, 1.54) is 0 Å². The molecule has 2 N–H and O–H groups in total. The zero-order chi connectivity index (χ0) is 16.5. The van der Waals surface area contributed by atoms with Gasteiger partial charge in [0.25, 0.3) is 0 Å². The van der Waals surface area contributed by atoms with Crippen molar-refractivity contribution in [3.8, 4) is 28.5 Å². The van der Waals surface area contributed by atoms with E-state index in [-0.39, 0.29) is 0 Å². The summed E-state index contributed by atoms with van der Waals surface area (Å²) < 4.78 is 11.1. The van der Waals surface area contributed by atoms with Crippen molar-refractivity contribution in [1.29, 1.82) is 0 Å². The Morgan fingerprint density at radius 1 is 0.917 bits per heavy atom. The SMILES string of the molecule is COc1ccc(-c2nc(N)c3cc(-c4ccccc4)oc3n2)cc1. The van der Waals surface area contributed by atoms with Crippen LogP contribution < -0.4 is 10.5 Å². The molecule has 0 bridgehead atoms. The zero-order valence-corrected chi connectivity index (χ0v) is 13.1. The number of benzene rings is 2. The van der Waals surface area contributed by atoms with Gasteiger partial charge < -0.3 is 14.9 Å². The van der Waals surface area contributed by atoms with Gasteiger partial charge in [-0.3, -0.25) is 0 Å². The smallest absolute Gasteiger partial charge is 0.232 e. The number of rotatable bonds is 3. The van der Waals surface area contributed by atoms with Crippen LogP contribution in [0.25, 0.3) is 33.8 Å². The summed E-state index contributed by atoms with van der Waals surface area (Å²) >= 11 is 0. The second-order valence-electron chi connectivity index (χ2n) is 5.36. The number of hydrogen-bond donors (Lipinski definition) is 1. The maximum atomic E-state index is 6.11. The molecular formula is C19H15N3O2. The van der Waals surface area contributed by atoms with Gasteiger partial charge in [0.1, 0.15) is 17.3 Å². The van der Waals surface area contributed by atoms with Crippen LogP contribution in [0.5, 0.6) is 5.75 Å². The molecule has 0 aliphatic carbocycles. The minimum absolute atomic E-state index is 0.400. The Labute approximate surface area is 138 Å². The highest BCUT2D eigenvalue weighted by Crippen LogP contribution is 2.31. The van der Waals surface area contributed by atoms with Crippen molar-refractivity contribution in [3.63, 3.8) is 0 Å². The topological polar surface area (TPSA) is 74.2 Å². The number of hydrogen-bond acceptors (Lipinski definition) is 5. The van der Waals surface area contributed by atoms with E-state index in [9.17, 15) is 0 Å². The van der Waals surface area contributed by atoms with Crippen molar-refractivity contribution in [2.75, 3.05) is 12.8 Å². The average molecular weight is 317 g/mol. The molecule has 4 rings (SSSR count). The summed E-state index contributed by atoms with van der Waals surface area (Å²) in [6.45, 7) is 0. The molecule has 2 aromatic heterocycles. The van der Waals surface area contributed by atoms with Crippen LogP contribution in [0.2, 0.25) is 0 Å². The van der Waals surface area contributed by atoms with Crippen molar-refractivity contribution in [1.82, 2.24) is 9.97 Å². The van der Waals surface area contributed by atoms with E-state index >= 15 is 0 Å². The molecule has 0 amide bonds. The van der Waals surface area contributed by atoms with Gasteiger partial charge in [0.15, 0.2) is 5.82 Å². The third-order valence-corrected chi connectivity index (χ3v) is 3.83. The van der Waals surface area contributed by atoms with Crippen molar-refractivity contribution >= 4 is 16.9 Å². The predicted molar refractivity (Wildman–Crippen MR) is 93.6 cm³/mol. The predicted octanol–water partition coefficient (Wildman–Crippen LogP) is 4.15. The van der Waals surface area contributed by atoms with Gasteiger partial charge in [-0.05, 0) is 30.3 Å². The zero-order valence-electron chi connectivity index (χ0n) is 13.1. The molecule has 0 radical (unpaired) electrons. The summed E-state index contributed by atoms with van der Waals surface area (Å²) in [5.41, 5.74) is 8.41. The minimum atomic E-state index is 0.400. The Bertz CT molecular complexity index is 992. The maximum absolute atomic E-state index is 6.11.